The molecular formula is C29H47N5O5Si2. The smallest absolute Gasteiger partial charge is 0.351 e. The molecule has 1 amide bonds. The molecule has 10 nitrogen and oxygen atoms in total. The van der Waals surface area contributed by atoms with Crippen molar-refractivity contribution in [2.45, 2.75) is 103 Å². The second-order valence-corrected chi connectivity index (χ2v) is 23.2. The molecule has 1 aromatic carbocycles. The van der Waals surface area contributed by atoms with Crippen molar-refractivity contribution in [1.82, 2.24) is 14.9 Å². The minimum Gasteiger partial charge on any atom is -0.414 e. The van der Waals surface area contributed by atoms with Gasteiger partial charge < -0.3 is 19.3 Å². The number of carbonyl (C=O) groups is 1. The molecule has 0 aliphatic carbocycles. The maximum Gasteiger partial charge on any atom is 0.351 e. The molecule has 0 radical (unpaired) electrons. The number of ether oxygens (including phenoxy) is 1. The molecule has 12 heteroatoms. The molecule has 1 fully saturated rings. The molecule has 3 N–H and O–H groups in total. The van der Waals surface area contributed by atoms with E-state index >= 15 is 0 Å². The average molecular weight is 602 g/mol. The van der Waals surface area contributed by atoms with Crippen LogP contribution in [0, 0.1) is 0 Å². The first-order valence-corrected chi connectivity index (χ1v) is 19.9. The first-order chi connectivity index (χ1) is 18.8. The Bertz CT molecular complexity index is 1300. The third-order valence-corrected chi connectivity index (χ3v) is 17.5. The standard InChI is InChI=1S/C29H47N5O5Si2/c1-28(2,3)40(7,8)37-19-22-21(39-41(9,10)29(4,5)6)18-24(38-22)34-17-16-23(32-27(34)36)31-26(30)33-25(35)20-14-12-11-13-15-20/h11-17,21-22,24H,18-19H2,1-10H3,(H3,30,31,32,33,35,36)/t21-,22+,24+/m0/s1. The second kappa shape index (κ2) is 12.3. The summed E-state index contributed by atoms with van der Waals surface area (Å²) in [5.74, 6) is -0.480. The molecule has 1 aliphatic heterocycles. The van der Waals surface area contributed by atoms with Gasteiger partial charge in [0.15, 0.2) is 22.5 Å². The molecule has 1 aliphatic rings. The molecule has 1 aromatic heterocycles. The number of benzene rings is 1. The van der Waals surface area contributed by atoms with Gasteiger partial charge in [0.05, 0.1) is 12.7 Å². The highest BCUT2D eigenvalue weighted by Crippen LogP contribution is 2.42. The second-order valence-electron chi connectivity index (χ2n) is 13.6. The van der Waals surface area contributed by atoms with E-state index in [9.17, 15) is 9.59 Å². The average Bonchev–Trinajstić information content (AvgIpc) is 3.23. The molecule has 0 bridgehead atoms. The van der Waals surface area contributed by atoms with Crippen LogP contribution in [0.15, 0.2) is 52.4 Å². The quantitative estimate of drug-likeness (QED) is 0.238. The number of nitrogens with one attached hydrogen (secondary N) is 1. The Balaban J connectivity index is 1.79. The van der Waals surface area contributed by atoms with Gasteiger partial charge in [-0.25, -0.2) is 4.79 Å². The zero-order valence-corrected chi connectivity index (χ0v) is 28.1. The summed E-state index contributed by atoms with van der Waals surface area (Å²) >= 11 is 0. The fraction of sp³-hybridized carbons (Fsp3) is 0.586. The summed E-state index contributed by atoms with van der Waals surface area (Å²) in [4.78, 5) is 33.6. The van der Waals surface area contributed by atoms with Crippen LogP contribution in [0.3, 0.4) is 0 Å². The van der Waals surface area contributed by atoms with Crippen molar-refractivity contribution in [1.29, 1.82) is 0 Å². The summed E-state index contributed by atoms with van der Waals surface area (Å²) in [7, 11) is -4.15. The fourth-order valence-corrected chi connectivity index (χ4v) is 6.19. The van der Waals surface area contributed by atoms with Crippen LogP contribution in [0.2, 0.25) is 36.3 Å². The van der Waals surface area contributed by atoms with Crippen molar-refractivity contribution in [2.24, 2.45) is 10.7 Å². The molecule has 3 atom stereocenters. The number of guanidine groups is 1. The zero-order valence-electron chi connectivity index (χ0n) is 26.1. The molecule has 0 saturated carbocycles. The van der Waals surface area contributed by atoms with Crippen LogP contribution < -0.4 is 16.7 Å². The van der Waals surface area contributed by atoms with Crippen molar-refractivity contribution in [2.75, 3.05) is 6.61 Å². The summed E-state index contributed by atoms with van der Waals surface area (Å²) in [6, 6.07) is 10.2. The van der Waals surface area contributed by atoms with E-state index in [0.29, 0.717) is 18.6 Å². The summed E-state index contributed by atoms with van der Waals surface area (Å²) in [6.07, 6.45) is 0.977. The molecule has 0 unspecified atom stereocenters. The number of rotatable bonds is 8. The maximum atomic E-state index is 13.1. The minimum absolute atomic E-state index is 0.0177. The molecule has 2 heterocycles. The van der Waals surface area contributed by atoms with Gasteiger partial charge in [0.25, 0.3) is 5.91 Å². The van der Waals surface area contributed by atoms with Crippen LogP contribution in [-0.4, -0.2) is 56.9 Å². The normalized spacial score (nSPS) is 20.7. The molecule has 2 aromatic rings. The van der Waals surface area contributed by atoms with E-state index in [-0.39, 0.29) is 34.1 Å². The monoisotopic (exact) mass is 601 g/mol. The van der Waals surface area contributed by atoms with Crippen LogP contribution in [0.25, 0.3) is 0 Å². The lowest BCUT2D eigenvalue weighted by atomic mass is 10.2. The number of carbonyl (C=O) groups excluding carboxylic acids is 1. The maximum absolute atomic E-state index is 13.1. The van der Waals surface area contributed by atoms with E-state index in [1.807, 2.05) is 6.07 Å². The van der Waals surface area contributed by atoms with Gasteiger partial charge in [0, 0.05) is 18.2 Å². The number of hydrogen-bond acceptors (Lipinski definition) is 7. The molecular weight excluding hydrogens is 555 g/mol. The van der Waals surface area contributed by atoms with Crippen molar-refractivity contribution in [3.8, 4) is 0 Å². The predicted octanol–water partition coefficient (Wildman–Crippen LogP) is 5.32. The van der Waals surface area contributed by atoms with Gasteiger partial charge in [0.2, 0.25) is 5.96 Å². The van der Waals surface area contributed by atoms with Gasteiger partial charge in [-0.3, -0.25) is 14.7 Å². The summed E-state index contributed by atoms with van der Waals surface area (Å²) in [5, 5.41) is 2.58. The van der Waals surface area contributed by atoms with Gasteiger partial charge in [-0.05, 0) is 54.5 Å². The summed E-state index contributed by atoms with van der Waals surface area (Å²) in [6.45, 7) is 22.5. The lowest BCUT2D eigenvalue weighted by molar-refractivity contribution is -0.0411. The number of hydrogen-bond donors (Lipinski definition) is 2. The molecule has 0 spiro atoms. The SMILES string of the molecule is CC(C)(C)[Si](C)(C)OC[C@H]1O[C@@H](n2ccc(N=C(N)NC(=O)c3ccccc3)nc2=O)C[C@@H]1O[Si](C)(C)C(C)(C)C. The molecule has 226 valence electrons. The van der Waals surface area contributed by atoms with Crippen molar-refractivity contribution in [3.05, 3.63) is 58.6 Å². The van der Waals surface area contributed by atoms with Crippen LogP contribution in [0.4, 0.5) is 5.82 Å². The van der Waals surface area contributed by atoms with Gasteiger partial charge in [0.1, 0.15) is 12.3 Å². The number of aliphatic imine (C=N–C) groups is 1. The van der Waals surface area contributed by atoms with E-state index in [4.69, 9.17) is 19.3 Å². The zero-order chi connectivity index (χ0) is 30.8. The lowest BCUT2D eigenvalue weighted by Gasteiger charge is -2.40. The van der Waals surface area contributed by atoms with Gasteiger partial charge in [-0.2, -0.15) is 9.98 Å². The Hall–Kier alpha value is -2.65. The third kappa shape index (κ3) is 8.22. The van der Waals surface area contributed by atoms with E-state index < -0.39 is 34.5 Å². The van der Waals surface area contributed by atoms with E-state index in [1.54, 1.807) is 36.5 Å². The third-order valence-electron chi connectivity index (χ3n) is 8.49. The number of nitrogens with two attached hydrogens (primary N) is 1. The highest BCUT2D eigenvalue weighted by Gasteiger charge is 2.46. The number of aromatic nitrogens is 2. The van der Waals surface area contributed by atoms with Gasteiger partial charge in [-0.1, -0.05) is 59.7 Å². The largest absolute Gasteiger partial charge is 0.414 e. The highest BCUT2D eigenvalue weighted by atomic mass is 28.4. The highest BCUT2D eigenvalue weighted by molar-refractivity contribution is 6.74. The van der Waals surface area contributed by atoms with E-state index in [2.05, 4.69) is 83.0 Å². The van der Waals surface area contributed by atoms with Crippen LogP contribution in [0.1, 0.15) is 64.5 Å². The van der Waals surface area contributed by atoms with Crippen LogP contribution in [0.5, 0.6) is 0 Å². The molecule has 1 saturated heterocycles. The molecule has 3 rings (SSSR count). The van der Waals surface area contributed by atoms with Crippen molar-refractivity contribution >= 4 is 34.3 Å². The molecule has 41 heavy (non-hydrogen) atoms. The first-order valence-electron chi connectivity index (χ1n) is 14.1. The van der Waals surface area contributed by atoms with Gasteiger partial charge in [-0.15, -0.1) is 0 Å². The van der Waals surface area contributed by atoms with E-state index in [1.165, 1.54) is 4.57 Å². The Labute approximate surface area is 246 Å². The Morgan fingerprint density at radius 2 is 1.68 bits per heavy atom. The number of nitrogens with zero attached hydrogens (tertiary/aromatic N) is 3. The van der Waals surface area contributed by atoms with E-state index in [0.717, 1.165) is 0 Å². The van der Waals surface area contributed by atoms with Crippen LogP contribution >= 0.6 is 0 Å². The summed E-state index contributed by atoms with van der Waals surface area (Å²) < 4.78 is 21.2. The Kier molecular flexibility index (Phi) is 9.86. The predicted molar refractivity (Wildman–Crippen MR) is 167 cm³/mol. The summed E-state index contributed by atoms with van der Waals surface area (Å²) in [5.41, 5.74) is 5.81. The topological polar surface area (TPSA) is 130 Å². The first kappa shape index (κ1) is 32.9. The lowest BCUT2D eigenvalue weighted by Crippen LogP contribution is -2.48. The van der Waals surface area contributed by atoms with Crippen LogP contribution in [-0.2, 0) is 13.6 Å². The van der Waals surface area contributed by atoms with Gasteiger partial charge >= 0.3 is 5.69 Å². The van der Waals surface area contributed by atoms with Crippen molar-refractivity contribution in [3.63, 3.8) is 0 Å². The van der Waals surface area contributed by atoms with Crippen molar-refractivity contribution < 1.29 is 18.4 Å². The minimum atomic E-state index is -2.13. The Morgan fingerprint density at radius 3 is 2.24 bits per heavy atom. The Morgan fingerprint density at radius 1 is 1.07 bits per heavy atom. The fourth-order valence-electron chi connectivity index (χ4n) is 3.82. The number of amides is 1.